The fourth-order valence-corrected chi connectivity index (χ4v) is 2.04. The molecule has 4 nitrogen and oxygen atoms in total. The van der Waals surface area contributed by atoms with Gasteiger partial charge in [-0.2, -0.15) is 0 Å². The molecular formula is C15H16ClN3O. The summed E-state index contributed by atoms with van der Waals surface area (Å²) < 4.78 is 0. The number of hydrogen-bond acceptors (Lipinski definition) is 3. The Morgan fingerprint density at radius 3 is 2.85 bits per heavy atom. The molecule has 0 unspecified atom stereocenters. The zero-order chi connectivity index (χ0) is 14.4. The van der Waals surface area contributed by atoms with Crippen molar-refractivity contribution in [1.82, 2.24) is 10.3 Å². The van der Waals surface area contributed by atoms with Crippen LogP contribution in [-0.2, 0) is 6.42 Å². The number of hydrogen-bond donors (Lipinski definition) is 2. The molecule has 0 aliphatic carbocycles. The van der Waals surface area contributed by atoms with E-state index in [1.807, 2.05) is 31.3 Å². The highest BCUT2D eigenvalue weighted by Gasteiger charge is 2.11. The van der Waals surface area contributed by atoms with Crippen molar-refractivity contribution < 1.29 is 4.79 Å². The lowest BCUT2D eigenvalue weighted by Crippen LogP contribution is -2.17. The summed E-state index contributed by atoms with van der Waals surface area (Å²) in [5.41, 5.74) is 1.66. The Morgan fingerprint density at radius 2 is 2.10 bits per heavy atom. The zero-order valence-electron chi connectivity index (χ0n) is 11.2. The monoisotopic (exact) mass is 289 g/mol. The number of amides is 1. The van der Waals surface area contributed by atoms with Crippen molar-refractivity contribution in [2.24, 2.45) is 0 Å². The number of pyridine rings is 1. The van der Waals surface area contributed by atoms with E-state index < -0.39 is 0 Å². The number of halogens is 1. The van der Waals surface area contributed by atoms with Gasteiger partial charge in [0.05, 0.1) is 0 Å². The van der Waals surface area contributed by atoms with Crippen LogP contribution in [0.25, 0.3) is 0 Å². The van der Waals surface area contributed by atoms with E-state index in [1.165, 1.54) is 0 Å². The number of nitrogens with zero attached hydrogens (tertiary/aromatic N) is 1. The van der Waals surface area contributed by atoms with Crippen LogP contribution in [0.4, 0.5) is 5.82 Å². The molecule has 0 saturated heterocycles. The topological polar surface area (TPSA) is 54.0 Å². The SMILES string of the molecule is CNCCc1ccccc1C(=O)Nc1cc(Cl)ccn1. The van der Waals surface area contributed by atoms with Gasteiger partial charge in [0, 0.05) is 16.8 Å². The van der Waals surface area contributed by atoms with Gasteiger partial charge in [-0.25, -0.2) is 4.98 Å². The molecule has 1 aromatic heterocycles. The van der Waals surface area contributed by atoms with Crippen LogP contribution in [0, 0.1) is 0 Å². The quantitative estimate of drug-likeness (QED) is 0.890. The number of anilines is 1. The Balaban J connectivity index is 2.16. The Bertz CT molecular complexity index is 601. The van der Waals surface area contributed by atoms with Crippen molar-refractivity contribution in [3.8, 4) is 0 Å². The predicted molar refractivity (Wildman–Crippen MR) is 81.3 cm³/mol. The number of carbonyl (C=O) groups excluding carboxylic acids is 1. The first-order chi connectivity index (χ1) is 9.70. The van der Waals surface area contributed by atoms with Gasteiger partial charge in [-0.05, 0) is 43.8 Å². The molecule has 0 aliphatic rings. The maximum atomic E-state index is 12.3. The summed E-state index contributed by atoms with van der Waals surface area (Å²) in [5.74, 6) is 0.275. The van der Waals surface area contributed by atoms with Gasteiger partial charge in [-0.3, -0.25) is 4.79 Å². The van der Waals surface area contributed by atoms with E-state index in [2.05, 4.69) is 15.6 Å². The van der Waals surface area contributed by atoms with E-state index in [4.69, 9.17) is 11.6 Å². The second-order valence-corrected chi connectivity index (χ2v) is 4.76. The van der Waals surface area contributed by atoms with E-state index in [9.17, 15) is 4.79 Å². The molecule has 1 aromatic carbocycles. The van der Waals surface area contributed by atoms with E-state index in [-0.39, 0.29) is 5.91 Å². The molecule has 2 N–H and O–H groups in total. The highest BCUT2D eigenvalue weighted by molar-refractivity contribution is 6.30. The highest BCUT2D eigenvalue weighted by atomic mass is 35.5. The molecular weight excluding hydrogens is 274 g/mol. The van der Waals surface area contributed by atoms with E-state index in [1.54, 1.807) is 18.3 Å². The minimum atomic E-state index is -0.175. The van der Waals surface area contributed by atoms with Crippen LogP contribution in [0.1, 0.15) is 15.9 Å². The van der Waals surface area contributed by atoms with Crippen LogP contribution < -0.4 is 10.6 Å². The fraction of sp³-hybridized carbons (Fsp3) is 0.200. The Hall–Kier alpha value is -1.91. The van der Waals surface area contributed by atoms with Gasteiger partial charge in [0.25, 0.3) is 5.91 Å². The van der Waals surface area contributed by atoms with E-state index >= 15 is 0 Å². The van der Waals surface area contributed by atoms with E-state index in [0.717, 1.165) is 18.5 Å². The molecule has 20 heavy (non-hydrogen) atoms. The molecule has 1 amide bonds. The number of carbonyl (C=O) groups is 1. The number of rotatable bonds is 5. The molecule has 104 valence electrons. The number of aromatic nitrogens is 1. The molecule has 2 aromatic rings. The van der Waals surface area contributed by atoms with Crippen LogP contribution >= 0.6 is 11.6 Å². The summed E-state index contributed by atoms with van der Waals surface area (Å²) in [4.78, 5) is 16.4. The zero-order valence-corrected chi connectivity index (χ0v) is 11.9. The average molecular weight is 290 g/mol. The highest BCUT2D eigenvalue weighted by Crippen LogP contribution is 2.15. The normalized spacial score (nSPS) is 10.3. The third-order valence-corrected chi connectivity index (χ3v) is 3.11. The lowest BCUT2D eigenvalue weighted by Gasteiger charge is -2.09. The third kappa shape index (κ3) is 3.79. The van der Waals surface area contributed by atoms with Gasteiger partial charge in [0.15, 0.2) is 0 Å². The second-order valence-electron chi connectivity index (χ2n) is 4.32. The van der Waals surface area contributed by atoms with Gasteiger partial charge in [0.2, 0.25) is 0 Å². The molecule has 5 heteroatoms. The third-order valence-electron chi connectivity index (χ3n) is 2.87. The summed E-state index contributed by atoms with van der Waals surface area (Å²) in [6.45, 7) is 0.819. The van der Waals surface area contributed by atoms with Crippen molar-refractivity contribution in [2.45, 2.75) is 6.42 Å². The van der Waals surface area contributed by atoms with Crippen molar-refractivity contribution in [2.75, 3.05) is 18.9 Å². The number of nitrogens with one attached hydrogen (secondary N) is 2. The fourth-order valence-electron chi connectivity index (χ4n) is 1.88. The van der Waals surface area contributed by atoms with Crippen LogP contribution in [-0.4, -0.2) is 24.5 Å². The maximum absolute atomic E-state index is 12.3. The van der Waals surface area contributed by atoms with Crippen molar-refractivity contribution in [3.05, 3.63) is 58.7 Å². The molecule has 1 heterocycles. The molecule has 0 atom stereocenters. The largest absolute Gasteiger partial charge is 0.319 e. The number of benzene rings is 1. The second kappa shape index (κ2) is 7.03. The molecule has 0 radical (unpaired) electrons. The van der Waals surface area contributed by atoms with Crippen LogP contribution in [0.5, 0.6) is 0 Å². The average Bonchev–Trinajstić information content (AvgIpc) is 2.45. The van der Waals surface area contributed by atoms with E-state index in [0.29, 0.717) is 16.4 Å². The Labute approximate surface area is 123 Å². The minimum Gasteiger partial charge on any atom is -0.319 e. The summed E-state index contributed by atoms with van der Waals surface area (Å²) in [6.07, 6.45) is 2.36. The first-order valence-electron chi connectivity index (χ1n) is 6.36. The van der Waals surface area contributed by atoms with Crippen LogP contribution in [0.2, 0.25) is 5.02 Å². The van der Waals surface area contributed by atoms with Gasteiger partial charge in [0.1, 0.15) is 5.82 Å². The van der Waals surface area contributed by atoms with Crippen molar-refractivity contribution in [1.29, 1.82) is 0 Å². The lowest BCUT2D eigenvalue weighted by molar-refractivity contribution is 0.102. The molecule has 0 bridgehead atoms. The lowest BCUT2D eigenvalue weighted by atomic mass is 10.0. The Kier molecular flexibility index (Phi) is 5.09. The van der Waals surface area contributed by atoms with Crippen molar-refractivity contribution in [3.63, 3.8) is 0 Å². The standard InChI is InChI=1S/C15H16ClN3O/c1-17-8-6-11-4-2-3-5-13(11)15(20)19-14-10-12(16)7-9-18-14/h2-5,7,9-10,17H,6,8H2,1H3,(H,18,19,20). The first kappa shape index (κ1) is 14.5. The molecule has 0 aliphatic heterocycles. The molecule has 0 saturated carbocycles. The van der Waals surface area contributed by atoms with Gasteiger partial charge >= 0.3 is 0 Å². The molecule has 0 fully saturated rings. The minimum absolute atomic E-state index is 0.175. The van der Waals surface area contributed by atoms with Crippen LogP contribution in [0.3, 0.4) is 0 Å². The summed E-state index contributed by atoms with van der Waals surface area (Å²) in [7, 11) is 1.89. The van der Waals surface area contributed by atoms with Gasteiger partial charge in [-0.15, -0.1) is 0 Å². The molecule has 0 spiro atoms. The summed E-state index contributed by atoms with van der Waals surface area (Å²) in [6, 6.07) is 10.8. The van der Waals surface area contributed by atoms with Crippen molar-refractivity contribution >= 4 is 23.3 Å². The summed E-state index contributed by atoms with van der Waals surface area (Å²) >= 11 is 5.87. The van der Waals surface area contributed by atoms with Gasteiger partial charge in [-0.1, -0.05) is 29.8 Å². The van der Waals surface area contributed by atoms with Crippen LogP contribution in [0.15, 0.2) is 42.6 Å². The number of likely N-dealkylation sites (N-methyl/N-ethyl adjacent to an activating group) is 1. The maximum Gasteiger partial charge on any atom is 0.257 e. The summed E-state index contributed by atoms with van der Waals surface area (Å²) in [5, 5.41) is 6.38. The first-order valence-corrected chi connectivity index (χ1v) is 6.74. The Morgan fingerprint density at radius 1 is 1.30 bits per heavy atom. The smallest absolute Gasteiger partial charge is 0.257 e. The van der Waals surface area contributed by atoms with Gasteiger partial charge < -0.3 is 10.6 Å². The molecule has 2 rings (SSSR count). The predicted octanol–water partition coefficient (Wildman–Crippen LogP) is 2.75.